The van der Waals surface area contributed by atoms with Gasteiger partial charge in [-0.2, -0.15) is 0 Å². The third kappa shape index (κ3) is 24.2. The van der Waals surface area contributed by atoms with Crippen LogP contribution in [-0.4, -0.2) is 80.2 Å². The van der Waals surface area contributed by atoms with Crippen LogP contribution in [0.3, 0.4) is 0 Å². The molecule has 0 radical (unpaired) electrons. The van der Waals surface area contributed by atoms with Crippen LogP contribution < -0.4 is 37.9 Å². The number of esters is 5. The minimum absolute atomic E-state index is 0.0248. The van der Waals surface area contributed by atoms with Crippen molar-refractivity contribution >= 4 is 29.8 Å². The van der Waals surface area contributed by atoms with Gasteiger partial charge >= 0.3 is 29.8 Å². The molecular formula is C93H98O16. The van der Waals surface area contributed by atoms with Gasteiger partial charge in [0.2, 0.25) is 0 Å². The zero-order valence-corrected chi connectivity index (χ0v) is 62.9. The second-order valence-corrected chi connectivity index (χ2v) is 28.8. The van der Waals surface area contributed by atoms with Crippen LogP contribution in [0.2, 0.25) is 0 Å². The second kappa shape index (κ2) is 39.2. The number of aromatic hydroxyl groups is 1. The molecule has 2 fully saturated rings. The summed E-state index contributed by atoms with van der Waals surface area (Å²) in [5, 5.41) is 10.8. The lowest BCUT2D eigenvalue weighted by molar-refractivity contribution is -0.137. The Balaban J connectivity index is 0.804. The maximum Gasteiger partial charge on any atom is 0.349 e. The van der Waals surface area contributed by atoms with Crippen molar-refractivity contribution in [2.45, 2.75) is 159 Å². The Morgan fingerprint density at radius 2 is 0.807 bits per heavy atom. The monoisotopic (exact) mass is 1470 g/mol. The van der Waals surface area contributed by atoms with Crippen LogP contribution in [0.25, 0.3) is 11.1 Å². The van der Waals surface area contributed by atoms with Crippen molar-refractivity contribution in [2.75, 3.05) is 33.0 Å². The van der Waals surface area contributed by atoms with E-state index in [9.17, 15) is 29.1 Å². The first kappa shape index (κ1) is 79.0. The van der Waals surface area contributed by atoms with Crippen LogP contribution in [0, 0.1) is 0 Å². The Labute approximate surface area is 639 Å². The summed E-state index contributed by atoms with van der Waals surface area (Å²) in [6.07, 6.45) is 12.3. The third-order valence-electron chi connectivity index (χ3n) is 20.2. The molecule has 9 aromatic rings. The molecule has 0 bridgehead atoms. The number of phenolic OH excluding ortho intramolecular Hbond substituents is 1. The zero-order valence-electron chi connectivity index (χ0n) is 62.9. The van der Waals surface area contributed by atoms with Crippen molar-refractivity contribution in [2.24, 2.45) is 0 Å². The van der Waals surface area contributed by atoms with Gasteiger partial charge in [-0.1, -0.05) is 150 Å². The lowest BCUT2D eigenvalue weighted by Gasteiger charge is -2.31. The third-order valence-corrected chi connectivity index (χ3v) is 20.2. The van der Waals surface area contributed by atoms with Crippen LogP contribution in [0.15, 0.2) is 243 Å². The molecular weight excluding hydrogens is 1370 g/mol. The molecule has 109 heavy (non-hydrogen) atoms. The summed E-state index contributed by atoms with van der Waals surface area (Å²) >= 11 is 0. The molecule has 0 aromatic heterocycles. The SMILES string of the molecule is C=C(C)C(=O)Oc1ccc(OCC(=O)Oc2ccc(C(CC(C)c3ccc(OC(=O)COc4ccc(-c5ccc(OC(=O)C(=C)C)cc5)cc4)cc3)CC(CC(CC(C)c3ccc(OCC4CO4)cc3)c3ccc(OC(=O)c4ccc(C5CCC(OCCCCCC)CC5)cc4)cc3)c3ccc(O)cc3)cc2)cc1. The summed E-state index contributed by atoms with van der Waals surface area (Å²) < 4.78 is 57.6. The highest BCUT2D eigenvalue weighted by atomic mass is 16.6. The average molecular weight is 1470 g/mol. The number of benzene rings is 9. The van der Waals surface area contributed by atoms with E-state index in [1.165, 1.54) is 24.8 Å². The minimum Gasteiger partial charge on any atom is -0.508 e. The zero-order chi connectivity index (χ0) is 76.6. The largest absolute Gasteiger partial charge is 0.508 e. The Bertz CT molecular complexity index is 4450. The first-order chi connectivity index (χ1) is 52.8. The number of phenols is 1. The summed E-state index contributed by atoms with van der Waals surface area (Å²) in [6, 6.07) is 67.5. The van der Waals surface area contributed by atoms with Gasteiger partial charge in [0.25, 0.3) is 0 Å². The Morgan fingerprint density at radius 1 is 0.431 bits per heavy atom. The molecule has 6 unspecified atom stereocenters. The number of carbonyl (C=O) groups is 5. The molecule has 1 saturated carbocycles. The van der Waals surface area contributed by atoms with E-state index in [0.717, 1.165) is 89.8 Å². The molecule has 1 N–H and O–H groups in total. The topological polar surface area (TPSA) is 201 Å². The first-order valence-corrected chi connectivity index (χ1v) is 37.9. The van der Waals surface area contributed by atoms with E-state index >= 15 is 0 Å². The summed E-state index contributed by atoms with van der Waals surface area (Å²) in [6.45, 7) is 18.4. The molecule has 11 rings (SSSR count). The number of hydrogen-bond donors (Lipinski definition) is 1. The van der Waals surface area contributed by atoms with Gasteiger partial charge in [-0.05, 0) is 273 Å². The Kier molecular flexibility index (Phi) is 28.4. The smallest absolute Gasteiger partial charge is 0.349 e. The van der Waals surface area contributed by atoms with Gasteiger partial charge in [-0.3, -0.25) is 0 Å². The average Bonchev–Trinajstić information content (AvgIpc) is 1.78. The van der Waals surface area contributed by atoms with Crippen LogP contribution in [0.1, 0.15) is 191 Å². The maximum absolute atomic E-state index is 13.9. The van der Waals surface area contributed by atoms with Gasteiger partial charge < -0.3 is 52.5 Å². The fourth-order valence-corrected chi connectivity index (χ4v) is 13.8. The number of rotatable bonds is 38. The maximum atomic E-state index is 13.9. The number of carbonyl (C=O) groups excluding carboxylic acids is 5. The van der Waals surface area contributed by atoms with Gasteiger partial charge in [-0.15, -0.1) is 0 Å². The standard InChI is InChI=1S/C93H98O16/c1-8-9-10-11-52-100-79-36-22-68(23-37-79)67-12-14-74(15-13-67)93(99)109-86-46-30-73(31-47-86)76(53-63(6)65-18-34-80(35-19-65)101-57-88-58-102-88)56-77(71-16-32-78(94)33-17-71)55-75(72-28-42-84(43-29-72)106-90(96)60-104-82-48-50-87(51-49-82)108-92(98)62(4)5)54-64(7)66-20-40-83(41-21-66)105-89(95)59-103-81-38-24-69(25-39-81)70-26-44-85(45-27-70)107-91(97)61(2)3/h12-21,24-35,38-51,63-64,68,75-77,79,88,94H,2,4,8-11,22-23,36-37,52-60H2,1,3,5-7H3. The molecule has 0 spiro atoms. The molecule has 16 nitrogen and oxygen atoms in total. The molecule has 0 amide bonds. The van der Waals surface area contributed by atoms with E-state index in [0.29, 0.717) is 95.9 Å². The summed E-state index contributed by atoms with van der Waals surface area (Å²) in [7, 11) is 0. The highest BCUT2D eigenvalue weighted by molar-refractivity contribution is 5.91. The Morgan fingerprint density at radius 3 is 1.26 bits per heavy atom. The van der Waals surface area contributed by atoms with Crippen molar-refractivity contribution in [3.8, 4) is 62.9 Å². The number of unbranched alkanes of at least 4 members (excludes halogenated alkanes) is 3. The van der Waals surface area contributed by atoms with Gasteiger partial charge in [0.15, 0.2) is 13.2 Å². The van der Waals surface area contributed by atoms with E-state index in [4.69, 9.17) is 47.4 Å². The van der Waals surface area contributed by atoms with E-state index in [2.05, 4.69) is 70.3 Å². The normalized spacial score (nSPS) is 15.8. The van der Waals surface area contributed by atoms with Crippen molar-refractivity contribution in [3.63, 3.8) is 0 Å². The van der Waals surface area contributed by atoms with Gasteiger partial charge in [0.05, 0.1) is 18.3 Å². The summed E-state index contributed by atoms with van der Waals surface area (Å²) in [5.74, 6) is 1.29. The minimum atomic E-state index is -0.617. The van der Waals surface area contributed by atoms with Crippen molar-refractivity contribution in [1.82, 2.24) is 0 Å². The molecule has 16 heteroatoms. The van der Waals surface area contributed by atoms with Crippen LogP contribution in [-0.2, 0) is 28.7 Å². The predicted molar refractivity (Wildman–Crippen MR) is 421 cm³/mol. The van der Waals surface area contributed by atoms with E-state index < -0.39 is 29.8 Å². The van der Waals surface area contributed by atoms with Crippen molar-refractivity contribution in [3.05, 3.63) is 282 Å². The molecule has 1 heterocycles. The van der Waals surface area contributed by atoms with Crippen LogP contribution in [0.5, 0.6) is 51.7 Å². The van der Waals surface area contributed by atoms with Crippen molar-refractivity contribution < 1.29 is 76.4 Å². The molecule has 9 aromatic carbocycles. The second-order valence-electron chi connectivity index (χ2n) is 28.8. The molecule has 6 atom stereocenters. The molecule has 1 saturated heterocycles. The van der Waals surface area contributed by atoms with Crippen LogP contribution >= 0.6 is 0 Å². The molecule has 566 valence electrons. The van der Waals surface area contributed by atoms with Gasteiger partial charge in [0.1, 0.15) is 64.5 Å². The summed E-state index contributed by atoms with van der Waals surface area (Å²) in [4.78, 5) is 64.5. The number of epoxide rings is 1. The van der Waals surface area contributed by atoms with Gasteiger partial charge in [-0.25, -0.2) is 24.0 Å². The van der Waals surface area contributed by atoms with E-state index in [-0.39, 0.29) is 60.2 Å². The predicted octanol–water partition coefficient (Wildman–Crippen LogP) is 20.4. The van der Waals surface area contributed by atoms with Gasteiger partial charge in [0, 0.05) is 17.8 Å². The van der Waals surface area contributed by atoms with E-state index in [1.54, 1.807) is 98.8 Å². The number of hydrogen-bond acceptors (Lipinski definition) is 16. The fraction of sp³-hybridized carbons (Fsp3) is 0.323. The highest BCUT2D eigenvalue weighted by Crippen LogP contribution is 2.45. The van der Waals surface area contributed by atoms with E-state index in [1.807, 2.05) is 97.1 Å². The highest BCUT2D eigenvalue weighted by Gasteiger charge is 2.30. The lowest BCUT2D eigenvalue weighted by atomic mass is 9.73. The van der Waals surface area contributed by atoms with Crippen molar-refractivity contribution in [1.29, 1.82) is 0 Å². The van der Waals surface area contributed by atoms with Crippen LogP contribution in [0.4, 0.5) is 0 Å². The molecule has 1 aliphatic carbocycles. The lowest BCUT2D eigenvalue weighted by Crippen LogP contribution is -2.21. The Hall–Kier alpha value is -11.1. The quantitative estimate of drug-likeness (QED) is 0.0126. The summed E-state index contributed by atoms with van der Waals surface area (Å²) in [5.41, 5.74) is 9.41. The number of ether oxygens (including phenoxy) is 10. The molecule has 2 aliphatic rings. The first-order valence-electron chi connectivity index (χ1n) is 37.9. The fourth-order valence-electron chi connectivity index (χ4n) is 13.8. The molecule has 1 aliphatic heterocycles.